The predicted octanol–water partition coefficient (Wildman–Crippen LogP) is 3.79. The summed E-state index contributed by atoms with van der Waals surface area (Å²) in [5, 5.41) is 2.77. The molecule has 9 heteroatoms. The van der Waals surface area contributed by atoms with E-state index in [0.717, 1.165) is 17.8 Å². The SMILES string of the molecule is CN1CCC/C1=N\S(=O)(=O)c1ccc(NC(=O)CCc2ccc(Cl)s2)cc1. The zero-order valence-electron chi connectivity index (χ0n) is 14.8. The van der Waals surface area contributed by atoms with Crippen LogP contribution in [0.4, 0.5) is 5.69 Å². The second-order valence-corrected chi connectivity index (χ2v) is 9.69. The van der Waals surface area contributed by atoms with Crippen LogP contribution in [-0.2, 0) is 21.2 Å². The van der Waals surface area contributed by atoms with Crippen LogP contribution in [0.1, 0.15) is 24.1 Å². The number of carbonyl (C=O) groups excluding carboxylic acids is 1. The topological polar surface area (TPSA) is 78.8 Å². The molecular weight excluding hydrogens is 406 g/mol. The van der Waals surface area contributed by atoms with Crippen LogP contribution in [0.3, 0.4) is 0 Å². The van der Waals surface area contributed by atoms with E-state index < -0.39 is 10.0 Å². The first-order valence-corrected chi connectivity index (χ1v) is 11.2. The largest absolute Gasteiger partial charge is 0.362 e. The third-order valence-corrected chi connectivity index (χ3v) is 6.83. The van der Waals surface area contributed by atoms with Gasteiger partial charge in [-0.25, -0.2) is 0 Å². The van der Waals surface area contributed by atoms with Crippen molar-refractivity contribution >= 4 is 50.4 Å². The first kappa shape index (κ1) is 19.9. The van der Waals surface area contributed by atoms with Crippen molar-refractivity contribution in [2.24, 2.45) is 4.40 Å². The van der Waals surface area contributed by atoms with E-state index in [-0.39, 0.29) is 10.8 Å². The molecule has 3 rings (SSSR count). The van der Waals surface area contributed by atoms with Gasteiger partial charge in [0.05, 0.1) is 9.23 Å². The van der Waals surface area contributed by atoms with Crippen molar-refractivity contribution in [2.45, 2.75) is 30.6 Å². The number of amidine groups is 1. The van der Waals surface area contributed by atoms with Gasteiger partial charge in [-0.3, -0.25) is 4.79 Å². The van der Waals surface area contributed by atoms with Crippen molar-refractivity contribution in [3.8, 4) is 0 Å². The molecule has 1 aromatic heterocycles. The van der Waals surface area contributed by atoms with Gasteiger partial charge in [0.2, 0.25) is 5.91 Å². The molecule has 1 aliphatic rings. The lowest BCUT2D eigenvalue weighted by molar-refractivity contribution is -0.116. The van der Waals surface area contributed by atoms with E-state index in [2.05, 4.69) is 9.71 Å². The number of aryl methyl sites for hydroxylation is 1. The van der Waals surface area contributed by atoms with Crippen LogP contribution in [0.2, 0.25) is 4.34 Å². The maximum absolute atomic E-state index is 12.4. The Balaban J connectivity index is 1.60. The molecule has 2 heterocycles. The number of anilines is 1. The Labute approximate surface area is 167 Å². The van der Waals surface area contributed by atoms with Gasteiger partial charge in [0.1, 0.15) is 5.84 Å². The minimum Gasteiger partial charge on any atom is -0.362 e. The number of sulfonamides is 1. The van der Waals surface area contributed by atoms with Gasteiger partial charge >= 0.3 is 0 Å². The van der Waals surface area contributed by atoms with Gasteiger partial charge in [-0.15, -0.1) is 15.7 Å². The van der Waals surface area contributed by atoms with Crippen LogP contribution in [-0.4, -0.2) is 38.7 Å². The smallest absolute Gasteiger partial charge is 0.283 e. The molecule has 6 nitrogen and oxygen atoms in total. The summed E-state index contributed by atoms with van der Waals surface area (Å²) >= 11 is 7.33. The average Bonchev–Trinajstić information content (AvgIpc) is 3.22. The van der Waals surface area contributed by atoms with Crippen LogP contribution in [0, 0.1) is 0 Å². The molecule has 2 aromatic rings. The molecule has 0 radical (unpaired) electrons. The lowest BCUT2D eigenvalue weighted by Gasteiger charge is -2.11. The molecule has 27 heavy (non-hydrogen) atoms. The summed E-state index contributed by atoms with van der Waals surface area (Å²) in [4.78, 5) is 15.1. The van der Waals surface area contributed by atoms with E-state index in [0.29, 0.717) is 35.1 Å². The van der Waals surface area contributed by atoms with Gasteiger partial charge in [-0.1, -0.05) is 11.6 Å². The lowest BCUT2D eigenvalue weighted by Crippen LogP contribution is -2.20. The number of thiophene rings is 1. The van der Waals surface area contributed by atoms with Crippen molar-refractivity contribution in [3.05, 3.63) is 45.6 Å². The van der Waals surface area contributed by atoms with Gasteiger partial charge in [-0.2, -0.15) is 8.42 Å². The summed E-state index contributed by atoms with van der Waals surface area (Å²) in [5.41, 5.74) is 0.550. The van der Waals surface area contributed by atoms with Crippen LogP contribution in [0.25, 0.3) is 0 Å². The highest BCUT2D eigenvalue weighted by Gasteiger charge is 2.20. The Morgan fingerprint density at radius 3 is 2.59 bits per heavy atom. The quantitative estimate of drug-likeness (QED) is 0.763. The van der Waals surface area contributed by atoms with Gasteiger partial charge < -0.3 is 10.2 Å². The highest BCUT2D eigenvalue weighted by atomic mass is 35.5. The van der Waals surface area contributed by atoms with Crippen molar-refractivity contribution in [1.29, 1.82) is 0 Å². The summed E-state index contributed by atoms with van der Waals surface area (Å²) in [6.45, 7) is 0.816. The molecule has 1 fully saturated rings. The van der Waals surface area contributed by atoms with E-state index in [4.69, 9.17) is 11.6 Å². The summed E-state index contributed by atoms with van der Waals surface area (Å²) in [6, 6.07) is 9.79. The van der Waals surface area contributed by atoms with E-state index in [1.54, 1.807) is 12.1 Å². The van der Waals surface area contributed by atoms with E-state index >= 15 is 0 Å². The number of nitrogens with zero attached hydrogens (tertiary/aromatic N) is 2. The third-order valence-electron chi connectivity index (χ3n) is 4.22. The van der Waals surface area contributed by atoms with E-state index in [1.165, 1.54) is 23.5 Å². The normalized spacial score (nSPS) is 16.1. The Morgan fingerprint density at radius 1 is 1.26 bits per heavy atom. The van der Waals surface area contributed by atoms with Gasteiger partial charge in [0.25, 0.3) is 10.0 Å². The number of hydrogen-bond donors (Lipinski definition) is 1. The van der Waals surface area contributed by atoms with Crippen molar-refractivity contribution in [3.63, 3.8) is 0 Å². The number of benzene rings is 1. The Morgan fingerprint density at radius 2 is 2.00 bits per heavy atom. The Hall–Kier alpha value is -1.90. The molecule has 1 amide bonds. The first-order chi connectivity index (χ1) is 12.8. The number of nitrogens with one attached hydrogen (secondary N) is 1. The monoisotopic (exact) mass is 425 g/mol. The summed E-state index contributed by atoms with van der Waals surface area (Å²) in [6.07, 6.45) is 2.52. The maximum atomic E-state index is 12.4. The number of hydrogen-bond acceptors (Lipinski definition) is 4. The maximum Gasteiger partial charge on any atom is 0.283 e. The summed E-state index contributed by atoms with van der Waals surface area (Å²) in [5.74, 6) is 0.448. The number of rotatable bonds is 6. The molecule has 1 aliphatic heterocycles. The number of likely N-dealkylation sites (tertiary alicyclic amines) is 1. The molecule has 0 unspecified atom stereocenters. The highest BCUT2D eigenvalue weighted by molar-refractivity contribution is 7.90. The standard InChI is InChI=1S/C18H20ClN3O3S2/c1-22-12-2-3-17(22)21-27(24,25)15-8-4-13(5-9-15)20-18(23)11-7-14-6-10-16(19)26-14/h4-6,8-10H,2-3,7,11-12H2,1H3,(H,20,23)/b21-17+. The Kier molecular flexibility index (Phi) is 6.18. The van der Waals surface area contributed by atoms with Crippen molar-refractivity contribution in [1.82, 2.24) is 4.90 Å². The molecule has 0 saturated carbocycles. The van der Waals surface area contributed by atoms with Crippen molar-refractivity contribution < 1.29 is 13.2 Å². The molecule has 1 saturated heterocycles. The minimum atomic E-state index is -3.74. The van der Waals surface area contributed by atoms with Crippen LogP contribution in [0.15, 0.2) is 45.7 Å². The third kappa shape index (κ3) is 5.31. The number of halogens is 1. The van der Waals surface area contributed by atoms with Crippen LogP contribution in [0.5, 0.6) is 0 Å². The fourth-order valence-corrected chi connectivity index (χ4v) is 4.94. The van der Waals surface area contributed by atoms with Gasteiger partial charge in [0.15, 0.2) is 0 Å². The predicted molar refractivity (Wildman–Crippen MR) is 109 cm³/mol. The molecule has 0 spiro atoms. The summed E-state index contributed by atoms with van der Waals surface area (Å²) < 4.78 is 29.5. The van der Waals surface area contributed by atoms with Gasteiger partial charge in [-0.05, 0) is 49.2 Å². The van der Waals surface area contributed by atoms with E-state index in [9.17, 15) is 13.2 Å². The van der Waals surface area contributed by atoms with Crippen LogP contribution < -0.4 is 5.32 Å². The van der Waals surface area contributed by atoms with Gasteiger partial charge in [0, 0.05) is 37.0 Å². The molecular formula is C18H20ClN3O3S2. The summed E-state index contributed by atoms with van der Waals surface area (Å²) in [7, 11) is -1.91. The second kappa shape index (κ2) is 8.41. The average molecular weight is 426 g/mol. The first-order valence-electron chi connectivity index (χ1n) is 8.52. The molecule has 144 valence electrons. The zero-order valence-corrected chi connectivity index (χ0v) is 17.2. The highest BCUT2D eigenvalue weighted by Crippen LogP contribution is 2.23. The molecule has 0 bridgehead atoms. The molecule has 1 N–H and O–H groups in total. The molecule has 0 atom stereocenters. The Bertz CT molecular complexity index is 952. The molecule has 1 aromatic carbocycles. The fraction of sp³-hybridized carbons (Fsp3) is 0.333. The minimum absolute atomic E-state index is 0.113. The van der Waals surface area contributed by atoms with Crippen LogP contribution >= 0.6 is 22.9 Å². The zero-order chi connectivity index (χ0) is 19.4. The lowest BCUT2D eigenvalue weighted by atomic mass is 10.2. The second-order valence-electron chi connectivity index (χ2n) is 6.29. The molecule has 0 aliphatic carbocycles. The number of amides is 1. The number of carbonyl (C=O) groups is 1. The van der Waals surface area contributed by atoms with E-state index in [1.807, 2.05) is 24.1 Å². The van der Waals surface area contributed by atoms with Crippen molar-refractivity contribution in [2.75, 3.05) is 18.9 Å². The fourth-order valence-electron chi connectivity index (χ4n) is 2.76.